The Morgan fingerprint density at radius 2 is 1.61 bits per heavy atom. The SMILES string of the molecule is O=C(Nc1cc(Cl)c(O)c(Cl)c1)c1ccccc1. The van der Waals surface area contributed by atoms with Crippen molar-refractivity contribution in [2.75, 3.05) is 5.32 Å². The van der Waals surface area contributed by atoms with Crippen LogP contribution in [0.25, 0.3) is 0 Å². The molecule has 0 unspecified atom stereocenters. The maximum Gasteiger partial charge on any atom is 0.255 e. The predicted octanol–water partition coefficient (Wildman–Crippen LogP) is 3.95. The number of hydrogen-bond acceptors (Lipinski definition) is 2. The molecule has 0 heterocycles. The molecule has 0 saturated heterocycles. The molecule has 5 heteroatoms. The number of hydrogen-bond donors (Lipinski definition) is 2. The summed E-state index contributed by atoms with van der Waals surface area (Å²) in [4.78, 5) is 11.9. The minimum absolute atomic E-state index is 0.0888. The maximum absolute atomic E-state index is 11.9. The number of phenols is 1. The molecular formula is C13H9Cl2NO2. The van der Waals surface area contributed by atoms with E-state index >= 15 is 0 Å². The van der Waals surface area contributed by atoms with Crippen LogP contribution in [-0.4, -0.2) is 11.0 Å². The number of rotatable bonds is 2. The lowest BCUT2D eigenvalue weighted by Crippen LogP contribution is -2.11. The zero-order valence-electron chi connectivity index (χ0n) is 9.15. The molecule has 18 heavy (non-hydrogen) atoms. The molecule has 2 rings (SSSR count). The lowest BCUT2D eigenvalue weighted by atomic mass is 10.2. The van der Waals surface area contributed by atoms with E-state index in [0.717, 1.165) is 0 Å². The Labute approximate surface area is 114 Å². The minimum atomic E-state index is -0.270. The fourth-order valence-corrected chi connectivity index (χ4v) is 1.92. The van der Waals surface area contributed by atoms with Crippen LogP contribution in [0.15, 0.2) is 42.5 Å². The summed E-state index contributed by atoms with van der Waals surface area (Å²) in [5, 5.41) is 12.2. The zero-order valence-corrected chi connectivity index (χ0v) is 10.7. The second-order valence-electron chi connectivity index (χ2n) is 3.61. The Balaban J connectivity index is 2.23. The van der Waals surface area contributed by atoms with Gasteiger partial charge in [-0.15, -0.1) is 0 Å². The van der Waals surface area contributed by atoms with Crippen molar-refractivity contribution in [1.82, 2.24) is 0 Å². The lowest BCUT2D eigenvalue weighted by Gasteiger charge is -2.07. The lowest BCUT2D eigenvalue weighted by molar-refractivity contribution is 0.102. The molecule has 3 nitrogen and oxygen atoms in total. The highest BCUT2D eigenvalue weighted by Crippen LogP contribution is 2.34. The van der Waals surface area contributed by atoms with E-state index in [4.69, 9.17) is 23.2 Å². The van der Waals surface area contributed by atoms with Gasteiger partial charge in [0.15, 0.2) is 5.75 Å². The van der Waals surface area contributed by atoms with Gasteiger partial charge in [0.05, 0.1) is 10.0 Å². The van der Waals surface area contributed by atoms with E-state index in [1.54, 1.807) is 24.3 Å². The summed E-state index contributed by atoms with van der Waals surface area (Å²) >= 11 is 11.5. The van der Waals surface area contributed by atoms with Crippen molar-refractivity contribution >= 4 is 34.8 Å². The summed E-state index contributed by atoms with van der Waals surface area (Å²) in [6.07, 6.45) is 0. The van der Waals surface area contributed by atoms with Crippen LogP contribution in [-0.2, 0) is 0 Å². The van der Waals surface area contributed by atoms with E-state index in [0.29, 0.717) is 11.3 Å². The number of benzene rings is 2. The number of anilines is 1. The standard InChI is InChI=1S/C13H9Cl2NO2/c14-10-6-9(7-11(15)12(10)17)16-13(18)8-4-2-1-3-5-8/h1-7,17H,(H,16,18). The zero-order chi connectivity index (χ0) is 13.1. The number of carbonyl (C=O) groups excluding carboxylic acids is 1. The Bertz CT molecular complexity index is 562. The molecule has 0 aliphatic heterocycles. The molecule has 0 bridgehead atoms. The monoisotopic (exact) mass is 281 g/mol. The Morgan fingerprint density at radius 1 is 1.06 bits per heavy atom. The van der Waals surface area contributed by atoms with Gasteiger partial charge in [-0.3, -0.25) is 4.79 Å². The first kappa shape index (κ1) is 12.7. The fourth-order valence-electron chi connectivity index (χ4n) is 1.43. The third-order valence-electron chi connectivity index (χ3n) is 2.31. The summed E-state index contributed by atoms with van der Waals surface area (Å²) in [5.41, 5.74) is 0.953. The van der Waals surface area contributed by atoms with Gasteiger partial charge in [0.1, 0.15) is 0 Å². The molecule has 0 aliphatic carbocycles. The van der Waals surface area contributed by atoms with E-state index in [-0.39, 0.29) is 21.7 Å². The Hall–Kier alpha value is -1.71. The van der Waals surface area contributed by atoms with Crippen molar-refractivity contribution in [2.45, 2.75) is 0 Å². The second kappa shape index (κ2) is 5.29. The van der Waals surface area contributed by atoms with Crippen molar-refractivity contribution in [3.8, 4) is 5.75 Å². The molecule has 0 aromatic heterocycles. The average molecular weight is 282 g/mol. The molecule has 1 amide bonds. The van der Waals surface area contributed by atoms with E-state index in [1.165, 1.54) is 12.1 Å². The Morgan fingerprint density at radius 3 is 2.17 bits per heavy atom. The highest BCUT2D eigenvalue weighted by atomic mass is 35.5. The van der Waals surface area contributed by atoms with Gasteiger partial charge in [-0.25, -0.2) is 0 Å². The number of halogens is 2. The van der Waals surface area contributed by atoms with Gasteiger partial charge in [0, 0.05) is 11.3 Å². The molecule has 0 fully saturated rings. The molecule has 0 radical (unpaired) electrons. The molecule has 2 N–H and O–H groups in total. The van der Waals surface area contributed by atoms with Crippen molar-refractivity contribution in [3.05, 3.63) is 58.1 Å². The first-order chi connectivity index (χ1) is 8.58. The number of phenolic OH excluding ortho intramolecular Hbond substituents is 1. The largest absolute Gasteiger partial charge is 0.505 e. The highest BCUT2D eigenvalue weighted by molar-refractivity contribution is 6.37. The smallest absolute Gasteiger partial charge is 0.255 e. The Kier molecular flexibility index (Phi) is 3.75. The topological polar surface area (TPSA) is 49.3 Å². The first-order valence-corrected chi connectivity index (χ1v) is 5.88. The molecular weight excluding hydrogens is 273 g/mol. The first-order valence-electron chi connectivity index (χ1n) is 5.12. The van der Waals surface area contributed by atoms with E-state index in [9.17, 15) is 9.90 Å². The molecule has 0 atom stereocenters. The normalized spacial score (nSPS) is 10.1. The van der Waals surface area contributed by atoms with Gasteiger partial charge in [0.25, 0.3) is 5.91 Å². The van der Waals surface area contributed by atoms with Crippen molar-refractivity contribution in [2.24, 2.45) is 0 Å². The number of carbonyl (C=O) groups is 1. The number of aromatic hydroxyl groups is 1. The summed E-state index contributed by atoms with van der Waals surface area (Å²) in [7, 11) is 0. The molecule has 0 saturated carbocycles. The van der Waals surface area contributed by atoms with Crippen LogP contribution in [0, 0.1) is 0 Å². The van der Waals surface area contributed by atoms with Crippen LogP contribution in [0.4, 0.5) is 5.69 Å². The number of amides is 1. The third-order valence-corrected chi connectivity index (χ3v) is 2.89. The summed E-state index contributed by atoms with van der Waals surface area (Å²) < 4.78 is 0. The van der Waals surface area contributed by atoms with Crippen molar-refractivity contribution < 1.29 is 9.90 Å². The van der Waals surface area contributed by atoms with Gasteiger partial charge >= 0.3 is 0 Å². The summed E-state index contributed by atoms with van der Waals surface area (Å²) in [6, 6.07) is 11.6. The van der Waals surface area contributed by atoms with Crippen LogP contribution >= 0.6 is 23.2 Å². The van der Waals surface area contributed by atoms with Gasteiger partial charge in [-0.05, 0) is 24.3 Å². The van der Waals surface area contributed by atoms with Crippen molar-refractivity contribution in [3.63, 3.8) is 0 Å². The summed E-state index contributed by atoms with van der Waals surface area (Å²) in [6.45, 7) is 0. The van der Waals surface area contributed by atoms with Gasteiger partial charge in [-0.2, -0.15) is 0 Å². The van der Waals surface area contributed by atoms with Crippen LogP contribution in [0.5, 0.6) is 5.75 Å². The van der Waals surface area contributed by atoms with Crippen LogP contribution in [0.1, 0.15) is 10.4 Å². The molecule has 2 aromatic carbocycles. The average Bonchev–Trinajstić information content (AvgIpc) is 2.37. The van der Waals surface area contributed by atoms with Gasteiger partial charge in [0.2, 0.25) is 0 Å². The third kappa shape index (κ3) is 2.75. The quantitative estimate of drug-likeness (QED) is 0.819. The van der Waals surface area contributed by atoms with Gasteiger partial charge < -0.3 is 10.4 Å². The molecule has 0 aliphatic rings. The van der Waals surface area contributed by atoms with Crippen LogP contribution in [0.2, 0.25) is 10.0 Å². The maximum atomic E-state index is 11.9. The van der Waals surface area contributed by atoms with E-state index < -0.39 is 0 Å². The van der Waals surface area contributed by atoms with Crippen molar-refractivity contribution in [1.29, 1.82) is 0 Å². The molecule has 0 spiro atoms. The minimum Gasteiger partial charge on any atom is -0.505 e. The van der Waals surface area contributed by atoms with Gasteiger partial charge in [-0.1, -0.05) is 41.4 Å². The second-order valence-corrected chi connectivity index (χ2v) is 4.42. The predicted molar refractivity (Wildman–Crippen MR) is 72.5 cm³/mol. The number of nitrogens with one attached hydrogen (secondary N) is 1. The van der Waals surface area contributed by atoms with Crippen LogP contribution < -0.4 is 5.32 Å². The van der Waals surface area contributed by atoms with E-state index in [1.807, 2.05) is 6.07 Å². The fraction of sp³-hybridized carbons (Fsp3) is 0. The highest BCUT2D eigenvalue weighted by Gasteiger charge is 2.10. The van der Waals surface area contributed by atoms with E-state index in [2.05, 4.69) is 5.32 Å². The van der Waals surface area contributed by atoms with Crippen LogP contribution in [0.3, 0.4) is 0 Å². The molecule has 92 valence electrons. The summed E-state index contributed by atoms with van der Waals surface area (Å²) in [5.74, 6) is -0.468. The molecule has 2 aromatic rings.